The number of rotatable bonds is 9. The molecule has 0 bridgehead atoms. The molecule has 1 fully saturated rings. The molecule has 186 valence electrons. The summed E-state index contributed by atoms with van der Waals surface area (Å²) in [5, 5.41) is 11.1. The molecule has 0 amide bonds. The van der Waals surface area contributed by atoms with E-state index >= 15 is 0 Å². The Hall–Kier alpha value is -2.15. The van der Waals surface area contributed by atoms with Gasteiger partial charge in [0.05, 0.1) is 17.6 Å². The molecule has 35 heavy (non-hydrogen) atoms. The number of thiophene rings is 1. The fourth-order valence-corrected chi connectivity index (χ4v) is 7.73. The van der Waals surface area contributed by atoms with Crippen molar-refractivity contribution in [1.82, 2.24) is 0 Å². The predicted molar refractivity (Wildman–Crippen MR) is 143 cm³/mol. The minimum absolute atomic E-state index is 0.140. The van der Waals surface area contributed by atoms with Gasteiger partial charge in [-0.15, -0.1) is 11.3 Å². The molecule has 1 saturated heterocycles. The van der Waals surface area contributed by atoms with Gasteiger partial charge in [0.2, 0.25) is 0 Å². The van der Waals surface area contributed by atoms with Gasteiger partial charge in [-0.05, 0) is 68.5 Å². The Kier molecular flexibility index (Phi) is 8.35. The van der Waals surface area contributed by atoms with Crippen LogP contribution in [-0.4, -0.2) is 37.4 Å². The third kappa shape index (κ3) is 5.82. The monoisotopic (exact) mass is 533 g/mol. The largest absolute Gasteiger partial charge is 0.477 e. The molecular formula is C26H29ClNO5PS. The van der Waals surface area contributed by atoms with Gasteiger partial charge in [0.15, 0.2) is 0 Å². The van der Waals surface area contributed by atoms with Crippen LogP contribution in [0, 0.1) is 12.8 Å². The Labute approximate surface area is 215 Å². The number of hydrogen-bond donors (Lipinski definition) is 1. The summed E-state index contributed by atoms with van der Waals surface area (Å²) in [6.07, 6.45) is 1.61. The number of carboxylic acids is 1. The SMILES string of the molecule is CCOP(=O)(c1ccc(Cl)cc1)N(CC1CCOCC1)c1cc(-c2ccc(C)cc2)sc1C(=O)O. The number of halogens is 1. The van der Waals surface area contributed by atoms with Crippen LogP contribution < -0.4 is 9.97 Å². The summed E-state index contributed by atoms with van der Waals surface area (Å²) >= 11 is 7.29. The lowest BCUT2D eigenvalue weighted by Crippen LogP contribution is -2.34. The molecule has 1 N–H and O–H groups in total. The average Bonchev–Trinajstić information content (AvgIpc) is 3.29. The van der Waals surface area contributed by atoms with Crippen molar-refractivity contribution in [2.24, 2.45) is 5.92 Å². The van der Waals surface area contributed by atoms with E-state index in [1.165, 1.54) is 11.3 Å². The van der Waals surface area contributed by atoms with E-state index in [-0.39, 0.29) is 17.4 Å². The van der Waals surface area contributed by atoms with E-state index in [2.05, 4.69) is 0 Å². The van der Waals surface area contributed by atoms with Gasteiger partial charge < -0.3 is 14.4 Å². The smallest absolute Gasteiger partial charge is 0.348 e. The van der Waals surface area contributed by atoms with E-state index in [1.54, 1.807) is 35.9 Å². The third-order valence-electron chi connectivity index (χ3n) is 6.07. The first kappa shape index (κ1) is 25.9. The molecule has 6 nitrogen and oxygen atoms in total. The van der Waals surface area contributed by atoms with Gasteiger partial charge in [0, 0.05) is 29.7 Å². The lowest BCUT2D eigenvalue weighted by atomic mass is 10.0. The normalized spacial score (nSPS) is 16.1. The number of nitrogens with zero attached hydrogens (tertiary/aromatic N) is 1. The first-order chi connectivity index (χ1) is 16.8. The van der Waals surface area contributed by atoms with Crippen molar-refractivity contribution in [3.05, 3.63) is 70.1 Å². The van der Waals surface area contributed by atoms with Crippen molar-refractivity contribution >= 4 is 47.4 Å². The average molecular weight is 534 g/mol. The van der Waals surface area contributed by atoms with Gasteiger partial charge in [-0.1, -0.05) is 41.4 Å². The Morgan fingerprint density at radius 3 is 2.43 bits per heavy atom. The maximum Gasteiger partial charge on any atom is 0.348 e. The summed E-state index contributed by atoms with van der Waals surface area (Å²) in [5.41, 5.74) is 2.45. The lowest BCUT2D eigenvalue weighted by Gasteiger charge is -2.36. The van der Waals surface area contributed by atoms with Crippen molar-refractivity contribution < 1.29 is 23.7 Å². The molecule has 1 aliphatic rings. The maximum absolute atomic E-state index is 14.7. The second kappa shape index (κ2) is 11.3. The zero-order chi connectivity index (χ0) is 25.0. The van der Waals surface area contributed by atoms with Crippen LogP contribution in [-0.2, 0) is 13.8 Å². The number of benzene rings is 2. The topological polar surface area (TPSA) is 76.1 Å². The first-order valence-electron chi connectivity index (χ1n) is 11.6. The van der Waals surface area contributed by atoms with Crippen molar-refractivity contribution in [2.75, 3.05) is 31.0 Å². The number of hydrogen-bond acceptors (Lipinski definition) is 5. The molecule has 0 aliphatic carbocycles. The van der Waals surface area contributed by atoms with Gasteiger partial charge in [0.1, 0.15) is 4.88 Å². The van der Waals surface area contributed by atoms with Gasteiger partial charge in [-0.3, -0.25) is 9.24 Å². The Morgan fingerprint density at radius 1 is 1.17 bits per heavy atom. The zero-order valence-electron chi connectivity index (χ0n) is 19.8. The molecule has 1 aliphatic heterocycles. The van der Waals surface area contributed by atoms with Crippen LogP contribution in [0.3, 0.4) is 0 Å². The van der Waals surface area contributed by atoms with Crippen molar-refractivity contribution in [3.8, 4) is 10.4 Å². The molecule has 0 radical (unpaired) electrons. The summed E-state index contributed by atoms with van der Waals surface area (Å²) < 4.78 is 27.9. The molecule has 2 aromatic carbocycles. The van der Waals surface area contributed by atoms with E-state index in [9.17, 15) is 14.5 Å². The molecule has 9 heteroatoms. The van der Waals surface area contributed by atoms with Crippen LogP contribution in [0.2, 0.25) is 5.02 Å². The molecule has 1 unspecified atom stereocenters. The predicted octanol–water partition coefficient (Wildman–Crippen LogP) is 6.86. The molecule has 1 aromatic heterocycles. The highest BCUT2D eigenvalue weighted by Crippen LogP contribution is 2.55. The number of carbonyl (C=O) groups is 1. The van der Waals surface area contributed by atoms with Crippen molar-refractivity contribution in [1.29, 1.82) is 0 Å². The Morgan fingerprint density at radius 2 is 1.83 bits per heavy atom. The second-order valence-electron chi connectivity index (χ2n) is 8.55. The molecule has 4 rings (SSSR count). The van der Waals surface area contributed by atoms with Gasteiger partial charge in [-0.2, -0.15) is 0 Å². The molecule has 0 saturated carbocycles. The van der Waals surface area contributed by atoms with Crippen LogP contribution in [0.25, 0.3) is 10.4 Å². The molecule has 1 atom stereocenters. The van der Waals surface area contributed by atoms with E-state index in [0.29, 0.717) is 35.8 Å². The molecule has 3 aromatic rings. The van der Waals surface area contributed by atoms with Crippen LogP contribution in [0.5, 0.6) is 0 Å². The quantitative estimate of drug-likeness (QED) is 0.303. The standard InChI is InChI=1S/C26H29ClNO5PS/c1-3-33-34(31,22-10-8-21(27)9-11-22)28(17-19-12-14-32-15-13-19)23-16-24(35-25(23)26(29)30)20-6-4-18(2)5-7-20/h4-11,16,19H,3,12-15,17H2,1-2H3,(H,29,30). The van der Waals surface area contributed by atoms with E-state index in [1.807, 2.05) is 37.3 Å². The highest BCUT2D eigenvalue weighted by molar-refractivity contribution is 7.68. The van der Waals surface area contributed by atoms with E-state index in [4.69, 9.17) is 20.9 Å². The van der Waals surface area contributed by atoms with Crippen molar-refractivity contribution in [3.63, 3.8) is 0 Å². The van der Waals surface area contributed by atoms with Crippen molar-refractivity contribution in [2.45, 2.75) is 26.7 Å². The summed E-state index contributed by atoms with van der Waals surface area (Å²) in [6, 6.07) is 16.5. The molecule has 0 spiro atoms. The second-order valence-corrected chi connectivity index (χ2v) is 12.3. The maximum atomic E-state index is 14.7. The minimum atomic E-state index is -3.67. The number of aromatic carboxylic acids is 1. The summed E-state index contributed by atoms with van der Waals surface area (Å²) in [4.78, 5) is 13.3. The zero-order valence-corrected chi connectivity index (χ0v) is 22.2. The highest BCUT2D eigenvalue weighted by Gasteiger charge is 2.39. The Bertz CT molecular complexity index is 1210. The highest BCUT2D eigenvalue weighted by atomic mass is 35.5. The number of ether oxygens (including phenoxy) is 1. The fraction of sp³-hybridized carbons (Fsp3) is 0.346. The van der Waals surface area contributed by atoms with E-state index in [0.717, 1.165) is 28.8 Å². The van der Waals surface area contributed by atoms with Crippen LogP contribution >= 0.6 is 30.5 Å². The molecule has 2 heterocycles. The summed E-state index contributed by atoms with van der Waals surface area (Å²) in [7, 11) is -3.67. The van der Waals surface area contributed by atoms with Gasteiger partial charge in [0.25, 0.3) is 0 Å². The number of anilines is 1. The minimum Gasteiger partial charge on any atom is -0.477 e. The molecular weight excluding hydrogens is 505 g/mol. The number of aryl methyl sites for hydroxylation is 1. The third-order valence-corrected chi connectivity index (χ3v) is 10.1. The summed E-state index contributed by atoms with van der Waals surface area (Å²) in [5.74, 6) is -0.867. The van der Waals surface area contributed by atoms with Crippen LogP contribution in [0.4, 0.5) is 5.69 Å². The lowest BCUT2D eigenvalue weighted by molar-refractivity contribution is 0.0683. The van der Waals surface area contributed by atoms with Gasteiger partial charge in [-0.25, -0.2) is 4.79 Å². The Balaban J connectivity index is 1.87. The van der Waals surface area contributed by atoms with Crippen LogP contribution in [0.1, 0.15) is 35.0 Å². The van der Waals surface area contributed by atoms with Crippen LogP contribution in [0.15, 0.2) is 54.6 Å². The van der Waals surface area contributed by atoms with Gasteiger partial charge >= 0.3 is 13.5 Å². The fourth-order valence-electron chi connectivity index (χ4n) is 4.20. The number of carboxylic acid groups (broad SMARTS) is 1. The first-order valence-corrected chi connectivity index (χ1v) is 14.4. The summed E-state index contributed by atoms with van der Waals surface area (Å²) in [6.45, 7) is 5.66. The van der Waals surface area contributed by atoms with E-state index < -0.39 is 13.5 Å².